The molecule has 0 rings (SSSR count). The van der Waals surface area contributed by atoms with Crippen LogP contribution >= 0.6 is 15.6 Å². The molecule has 548 valence electrons. The molecule has 0 fully saturated rings. The number of carbonyl (C=O) groups excluding carboxylic acids is 4. The van der Waals surface area contributed by atoms with Crippen LogP contribution in [0.4, 0.5) is 0 Å². The van der Waals surface area contributed by atoms with E-state index in [0.29, 0.717) is 25.7 Å². The summed E-state index contributed by atoms with van der Waals surface area (Å²) >= 11 is 0. The zero-order chi connectivity index (χ0) is 68.6. The van der Waals surface area contributed by atoms with E-state index in [-0.39, 0.29) is 25.7 Å². The van der Waals surface area contributed by atoms with Gasteiger partial charge in [0.05, 0.1) is 26.4 Å². The third-order valence-electron chi connectivity index (χ3n) is 16.9. The Kier molecular flexibility index (Phi) is 63.7. The summed E-state index contributed by atoms with van der Waals surface area (Å²) in [6, 6.07) is 0. The monoisotopic (exact) mass is 1360 g/mol. The Hall–Kier alpha value is -2.46. The van der Waals surface area contributed by atoms with E-state index in [1.54, 1.807) is 0 Å². The average molecular weight is 1360 g/mol. The Morgan fingerprint density at radius 2 is 0.634 bits per heavy atom. The molecular weight excluding hydrogens is 1220 g/mol. The number of phosphoric acid groups is 2. The summed E-state index contributed by atoms with van der Waals surface area (Å²) in [5.41, 5.74) is 0. The van der Waals surface area contributed by atoms with Gasteiger partial charge < -0.3 is 33.8 Å². The first-order chi connectivity index (χ1) is 44.9. The van der Waals surface area contributed by atoms with Crippen molar-refractivity contribution in [2.24, 2.45) is 11.8 Å². The summed E-state index contributed by atoms with van der Waals surface area (Å²) in [5, 5.41) is 10.6. The number of hydrogen-bond acceptors (Lipinski definition) is 15. The Balaban J connectivity index is 5.28. The van der Waals surface area contributed by atoms with E-state index in [0.717, 1.165) is 115 Å². The number of esters is 4. The van der Waals surface area contributed by atoms with Crippen LogP contribution in [-0.2, 0) is 65.4 Å². The first-order valence-corrected chi connectivity index (χ1v) is 40.8. The maximum atomic E-state index is 13.1. The molecule has 0 aromatic rings. The van der Waals surface area contributed by atoms with Crippen LogP contribution in [0, 0.1) is 11.8 Å². The van der Waals surface area contributed by atoms with Crippen LogP contribution < -0.4 is 0 Å². The van der Waals surface area contributed by atoms with Gasteiger partial charge in [-0.25, -0.2) is 9.13 Å². The van der Waals surface area contributed by atoms with E-state index >= 15 is 0 Å². The fraction of sp³-hybridized carbons (Fsp3) is 0.892. The number of hydrogen-bond donors (Lipinski definition) is 3. The van der Waals surface area contributed by atoms with Gasteiger partial charge in [0.25, 0.3) is 0 Å². The van der Waals surface area contributed by atoms with E-state index in [9.17, 15) is 43.2 Å². The fourth-order valence-electron chi connectivity index (χ4n) is 10.7. The predicted molar refractivity (Wildman–Crippen MR) is 377 cm³/mol. The second-order valence-electron chi connectivity index (χ2n) is 26.7. The molecule has 0 aliphatic carbocycles. The number of rotatable bonds is 71. The third-order valence-corrected chi connectivity index (χ3v) is 18.8. The van der Waals surface area contributed by atoms with Crippen molar-refractivity contribution in [1.29, 1.82) is 0 Å². The second-order valence-corrected chi connectivity index (χ2v) is 29.6. The number of ether oxygens (including phenoxy) is 4. The lowest BCUT2D eigenvalue weighted by Gasteiger charge is -2.21. The van der Waals surface area contributed by atoms with Gasteiger partial charge in [-0.2, -0.15) is 0 Å². The molecule has 19 heteroatoms. The zero-order valence-corrected chi connectivity index (χ0v) is 61.8. The van der Waals surface area contributed by atoms with Crippen LogP contribution in [0.25, 0.3) is 0 Å². The highest BCUT2D eigenvalue weighted by Crippen LogP contribution is 2.45. The molecule has 0 aliphatic rings. The van der Waals surface area contributed by atoms with E-state index in [1.165, 1.54) is 161 Å². The Bertz CT molecular complexity index is 1900. The van der Waals surface area contributed by atoms with Gasteiger partial charge in [-0.3, -0.25) is 37.3 Å². The molecule has 17 nitrogen and oxygen atoms in total. The Labute approximate surface area is 567 Å². The van der Waals surface area contributed by atoms with Crippen LogP contribution in [0.5, 0.6) is 0 Å². The van der Waals surface area contributed by atoms with Crippen molar-refractivity contribution in [1.82, 2.24) is 0 Å². The van der Waals surface area contributed by atoms with Crippen molar-refractivity contribution >= 4 is 39.5 Å². The van der Waals surface area contributed by atoms with Gasteiger partial charge in [-0.1, -0.05) is 303 Å². The highest BCUT2D eigenvalue weighted by molar-refractivity contribution is 7.47. The molecule has 0 amide bonds. The highest BCUT2D eigenvalue weighted by Gasteiger charge is 2.30. The van der Waals surface area contributed by atoms with Gasteiger partial charge in [0.1, 0.15) is 19.3 Å². The lowest BCUT2D eigenvalue weighted by molar-refractivity contribution is -0.161. The van der Waals surface area contributed by atoms with Gasteiger partial charge in [0, 0.05) is 25.7 Å². The molecule has 93 heavy (non-hydrogen) atoms. The van der Waals surface area contributed by atoms with Gasteiger partial charge >= 0.3 is 39.5 Å². The van der Waals surface area contributed by atoms with Crippen molar-refractivity contribution in [3.63, 3.8) is 0 Å². The molecule has 3 N–H and O–H groups in total. The summed E-state index contributed by atoms with van der Waals surface area (Å²) in [5.74, 6) is -0.569. The number of aliphatic hydroxyl groups is 1. The van der Waals surface area contributed by atoms with E-state index in [1.807, 2.05) is 0 Å². The minimum atomic E-state index is -4.96. The quantitative estimate of drug-likeness (QED) is 0.0169. The minimum absolute atomic E-state index is 0.0850. The van der Waals surface area contributed by atoms with Crippen LogP contribution in [0.15, 0.2) is 24.3 Å². The molecule has 0 saturated carbocycles. The summed E-state index contributed by atoms with van der Waals surface area (Å²) in [6.07, 6.45) is 54.8. The van der Waals surface area contributed by atoms with Crippen LogP contribution in [0.1, 0.15) is 356 Å². The smallest absolute Gasteiger partial charge is 0.462 e. The largest absolute Gasteiger partial charge is 0.472 e. The minimum Gasteiger partial charge on any atom is -0.462 e. The van der Waals surface area contributed by atoms with Crippen molar-refractivity contribution in [3.8, 4) is 0 Å². The summed E-state index contributed by atoms with van der Waals surface area (Å²) < 4.78 is 68.4. The first kappa shape index (κ1) is 90.5. The van der Waals surface area contributed by atoms with Gasteiger partial charge in [0.2, 0.25) is 0 Å². The Morgan fingerprint density at radius 1 is 0.355 bits per heavy atom. The average Bonchev–Trinajstić information content (AvgIpc) is 2.01. The lowest BCUT2D eigenvalue weighted by atomic mass is 9.99. The third kappa shape index (κ3) is 66.6. The molecule has 0 aliphatic heterocycles. The number of allylic oxidation sites excluding steroid dienone is 4. The van der Waals surface area contributed by atoms with E-state index in [2.05, 4.69) is 65.8 Å². The molecule has 0 aromatic heterocycles. The summed E-state index contributed by atoms with van der Waals surface area (Å²) in [7, 11) is -9.92. The van der Waals surface area contributed by atoms with E-state index < -0.39 is 97.5 Å². The number of carbonyl (C=O) groups is 4. The highest BCUT2D eigenvalue weighted by atomic mass is 31.2. The molecular formula is C74H140O17P2. The van der Waals surface area contributed by atoms with Crippen LogP contribution in [0.3, 0.4) is 0 Å². The molecule has 6 atom stereocenters. The SMILES string of the molecule is CCCCCC/C=C\C=C/CCCCCCCC(=O)O[C@H](COC(=O)CCCCCCCCCCCCCCC(C)C)COP(=O)(O)OC[C@@H](O)COP(=O)(O)OC[C@@H](COC(=O)CCCCCCCCCCC)OC(=O)CCCCCCCCCCCCC(C)CC. The van der Waals surface area contributed by atoms with Gasteiger partial charge in [-0.05, 0) is 63.2 Å². The topological polar surface area (TPSA) is 237 Å². The van der Waals surface area contributed by atoms with Crippen LogP contribution in [0.2, 0.25) is 0 Å². The summed E-state index contributed by atoms with van der Waals surface area (Å²) in [4.78, 5) is 72.7. The van der Waals surface area contributed by atoms with Crippen LogP contribution in [-0.4, -0.2) is 96.7 Å². The molecule has 0 bridgehead atoms. The fourth-order valence-corrected chi connectivity index (χ4v) is 12.3. The van der Waals surface area contributed by atoms with Crippen molar-refractivity contribution < 1.29 is 80.2 Å². The second kappa shape index (κ2) is 65.5. The van der Waals surface area contributed by atoms with Crippen molar-refractivity contribution in [2.45, 2.75) is 374 Å². The zero-order valence-electron chi connectivity index (χ0n) is 60.0. The summed E-state index contributed by atoms with van der Waals surface area (Å²) in [6.45, 7) is 9.53. The number of phosphoric ester groups is 2. The first-order valence-electron chi connectivity index (χ1n) is 37.8. The maximum Gasteiger partial charge on any atom is 0.472 e. The number of aliphatic hydroxyl groups excluding tert-OH is 1. The molecule has 0 radical (unpaired) electrons. The molecule has 0 aromatic carbocycles. The molecule has 0 heterocycles. The standard InChI is InChI=1S/C74H140O17P2/c1-7-10-12-14-16-18-19-20-21-22-27-34-40-46-52-58-73(78)90-70(63-85-72(77)57-51-45-39-33-26-24-23-25-31-36-42-48-54-66(4)5)65-89-93(82,83)87-61-68(75)60-86-92(80,81)88-64-69(62-84-71(76)56-50-44-38-30-17-15-13-11-8-2)91-74(79)59-53-47-41-35-29-28-32-37-43-49-55-67(6)9-3/h18-21,66-70,75H,7-17,22-65H2,1-6H3,(H,80,81)(H,82,83)/b19-18-,21-20-/t67?,68-,69+,70+/m0/s1. The van der Waals surface area contributed by atoms with E-state index in [4.69, 9.17) is 37.0 Å². The van der Waals surface area contributed by atoms with Gasteiger partial charge in [0.15, 0.2) is 12.2 Å². The van der Waals surface area contributed by atoms with Gasteiger partial charge in [-0.15, -0.1) is 0 Å². The normalized spacial score (nSPS) is 14.5. The maximum absolute atomic E-state index is 13.1. The molecule has 0 spiro atoms. The Morgan fingerprint density at radius 3 is 0.968 bits per heavy atom. The molecule has 0 saturated heterocycles. The lowest BCUT2D eigenvalue weighted by Crippen LogP contribution is -2.30. The molecule has 3 unspecified atom stereocenters. The van der Waals surface area contributed by atoms with Crippen molar-refractivity contribution in [2.75, 3.05) is 39.6 Å². The van der Waals surface area contributed by atoms with Crippen molar-refractivity contribution in [3.05, 3.63) is 24.3 Å². The predicted octanol–water partition coefficient (Wildman–Crippen LogP) is 21.1. The number of unbranched alkanes of at least 4 members (excludes halogenated alkanes) is 37.